The van der Waals surface area contributed by atoms with Crippen LogP contribution in [-0.4, -0.2) is 23.1 Å². The summed E-state index contributed by atoms with van der Waals surface area (Å²) in [4.78, 5) is 39.9. The number of para-hydroxylation sites is 2. The van der Waals surface area contributed by atoms with Crippen LogP contribution in [0.25, 0.3) is 0 Å². The van der Waals surface area contributed by atoms with E-state index in [4.69, 9.17) is 0 Å². The summed E-state index contributed by atoms with van der Waals surface area (Å²) in [5.74, 6) is -0.606. The molecule has 0 amide bonds. The summed E-state index contributed by atoms with van der Waals surface area (Å²) in [5.41, 5.74) is 0. The van der Waals surface area contributed by atoms with Gasteiger partial charge in [0.2, 0.25) is 0 Å². The first kappa shape index (κ1) is 30.9. The van der Waals surface area contributed by atoms with Crippen LogP contribution in [0.5, 0.6) is 11.5 Å². The standard InChI is InChI=1S/2C6H6O.2C5H7O2.Ti/c2*7-6-4-2-1-3-5-6;2*1-4(6)3-5(2)7;/h2*1-5,7H;2*3H,1-2H3;/q;;2*-1;/p-2. The maximum Gasteiger partial charge on any atom is 0.00219 e. The van der Waals surface area contributed by atoms with Crippen molar-refractivity contribution < 1.29 is 51.1 Å². The predicted molar refractivity (Wildman–Crippen MR) is 103 cm³/mol. The first-order valence-corrected chi connectivity index (χ1v) is 8.20. The third-order valence-electron chi connectivity index (χ3n) is 2.30. The maximum atomic E-state index is 10.3. The van der Waals surface area contributed by atoms with Crippen molar-refractivity contribution >= 4 is 23.1 Å². The smallest absolute Gasteiger partial charge is 0.00219 e. The molecule has 0 heterocycles. The Hall–Kier alpha value is -2.83. The first-order chi connectivity index (χ1) is 13.0. The van der Waals surface area contributed by atoms with Crippen LogP contribution < -0.4 is 10.2 Å². The zero-order chi connectivity index (χ0) is 21.9. The molecule has 0 saturated heterocycles. The number of rotatable bonds is 4. The van der Waals surface area contributed by atoms with Gasteiger partial charge in [0.15, 0.2) is 0 Å². The van der Waals surface area contributed by atoms with E-state index in [1.165, 1.54) is 52.0 Å². The zero-order valence-corrected chi connectivity index (χ0v) is 18.4. The van der Waals surface area contributed by atoms with Gasteiger partial charge in [-0.25, -0.2) is 0 Å². The summed E-state index contributed by atoms with van der Waals surface area (Å²) >= 11 is 0. The van der Waals surface area contributed by atoms with E-state index in [1.54, 1.807) is 24.3 Å². The van der Waals surface area contributed by atoms with Crippen molar-refractivity contribution in [2.24, 2.45) is 0 Å². The van der Waals surface area contributed by atoms with Gasteiger partial charge >= 0.3 is 0 Å². The Labute approximate surface area is 186 Å². The summed E-state index contributed by atoms with van der Waals surface area (Å²) in [5, 5.41) is 20.5. The molecule has 2 aromatic carbocycles. The Morgan fingerprint density at radius 2 is 0.759 bits per heavy atom. The molecule has 6 nitrogen and oxygen atoms in total. The molecule has 0 aliphatic heterocycles. The third-order valence-corrected chi connectivity index (χ3v) is 2.30. The van der Waals surface area contributed by atoms with Crippen molar-refractivity contribution in [3.05, 3.63) is 73.5 Å². The molecule has 0 saturated carbocycles. The third kappa shape index (κ3) is 30.2. The van der Waals surface area contributed by atoms with Crippen LogP contribution in [0.1, 0.15) is 27.7 Å². The molecule has 0 N–H and O–H groups in total. The molecule has 7 heteroatoms. The SMILES string of the molecule is CC(=O)[CH-]C(C)=O.CC(=O)[CH-]C(C)=O.[O-]c1ccccc1.[O-]c1ccccc1.[Ti]. The molecule has 29 heavy (non-hydrogen) atoms. The second-order valence-corrected chi connectivity index (χ2v) is 5.36. The molecule has 0 unspecified atom stereocenters. The van der Waals surface area contributed by atoms with Gasteiger partial charge in [-0.15, -0.1) is 11.5 Å². The average Bonchev–Trinajstić information content (AvgIpc) is 2.55. The Morgan fingerprint density at radius 3 is 0.828 bits per heavy atom. The Balaban J connectivity index is -0.000000307. The van der Waals surface area contributed by atoms with Crippen LogP contribution in [0, 0.1) is 12.8 Å². The normalized spacial score (nSPS) is 7.86. The molecule has 0 radical (unpaired) electrons. The van der Waals surface area contributed by atoms with Gasteiger partial charge in [0.05, 0.1) is 0 Å². The van der Waals surface area contributed by atoms with Gasteiger partial charge in [0.25, 0.3) is 0 Å². The quantitative estimate of drug-likeness (QED) is 0.416. The molecule has 0 aliphatic rings. The van der Waals surface area contributed by atoms with Gasteiger partial charge in [-0.2, -0.15) is 0 Å². The minimum absolute atomic E-state index is 0. The van der Waals surface area contributed by atoms with E-state index in [9.17, 15) is 29.4 Å². The molecule has 156 valence electrons. The van der Waals surface area contributed by atoms with Crippen LogP contribution in [0.15, 0.2) is 60.7 Å². The van der Waals surface area contributed by atoms with E-state index in [-0.39, 0.29) is 56.3 Å². The summed E-state index contributed by atoms with van der Waals surface area (Å²) in [6.45, 7) is 5.39. The van der Waals surface area contributed by atoms with Crippen LogP contribution in [-0.2, 0) is 40.9 Å². The fourth-order valence-electron chi connectivity index (χ4n) is 1.41. The van der Waals surface area contributed by atoms with Crippen LogP contribution in [0.4, 0.5) is 0 Å². The Kier molecular flexibility index (Phi) is 21.2. The molecular weight excluding hydrogens is 408 g/mol. The van der Waals surface area contributed by atoms with Crippen LogP contribution >= 0.6 is 0 Å². The van der Waals surface area contributed by atoms with Gasteiger partial charge in [-0.1, -0.05) is 60.7 Å². The molecule has 2 aromatic rings. The number of hydrogen-bond acceptors (Lipinski definition) is 6. The minimum atomic E-state index is -0.187. The molecule has 2 rings (SSSR count). The second kappa shape index (κ2) is 19.9. The molecule has 0 aromatic heterocycles. The fourth-order valence-corrected chi connectivity index (χ4v) is 1.41. The second-order valence-electron chi connectivity index (χ2n) is 5.36. The molecule has 0 fully saturated rings. The summed E-state index contributed by atoms with van der Waals surface area (Å²) in [6.07, 6.45) is 2.11. The largest absolute Gasteiger partial charge is 0.872 e. The van der Waals surface area contributed by atoms with Gasteiger partial charge in [-0.05, 0) is 27.7 Å². The summed E-state index contributed by atoms with van der Waals surface area (Å²) < 4.78 is 0. The van der Waals surface area contributed by atoms with Gasteiger partial charge < -0.3 is 29.4 Å². The van der Waals surface area contributed by atoms with E-state index in [2.05, 4.69) is 0 Å². The van der Waals surface area contributed by atoms with Crippen LogP contribution in [0.3, 0.4) is 0 Å². The number of ketones is 4. The van der Waals surface area contributed by atoms with Crippen LogP contribution in [0.2, 0.25) is 0 Å². The van der Waals surface area contributed by atoms with E-state index in [1.807, 2.05) is 12.1 Å². The van der Waals surface area contributed by atoms with Crippen molar-refractivity contribution in [3.8, 4) is 11.5 Å². The molecule has 0 atom stereocenters. The summed E-state index contributed by atoms with van der Waals surface area (Å²) in [7, 11) is 0. The van der Waals surface area contributed by atoms with E-state index in [0.29, 0.717) is 0 Å². The first-order valence-electron chi connectivity index (χ1n) is 8.20. The van der Waals surface area contributed by atoms with E-state index >= 15 is 0 Å². The molecular formula is C22H24O6Ti-4. The van der Waals surface area contributed by atoms with Gasteiger partial charge in [-0.3, -0.25) is 12.8 Å². The monoisotopic (exact) mass is 432 g/mol. The fraction of sp³-hybridized carbons (Fsp3) is 0.182. The number of carbonyl (C=O) groups is 4. The molecule has 0 bridgehead atoms. The maximum absolute atomic E-state index is 10.3. The predicted octanol–water partition coefficient (Wildman–Crippen LogP) is 2.26. The number of hydrogen-bond donors (Lipinski definition) is 0. The number of Topliss-reactive ketones (excluding diaryl/α,β-unsaturated/α-hetero) is 4. The Bertz CT molecular complexity index is 627. The topological polar surface area (TPSA) is 114 Å². The number of benzene rings is 2. The average molecular weight is 432 g/mol. The zero-order valence-electron chi connectivity index (χ0n) is 16.9. The van der Waals surface area contributed by atoms with Crippen molar-refractivity contribution in [1.29, 1.82) is 0 Å². The van der Waals surface area contributed by atoms with Crippen molar-refractivity contribution in [1.82, 2.24) is 0 Å². The van der Waals surface area contributed by atoms with Gasteiger partial charge in [0.1, 0.15) is 0 Å². The van der Waals surface area contributed by atoms with E-state index in [0.717, 1.165) is 12.8 Å². The van der Waals surface area contributed by atoms with Crippen molar-refractivity contribution in [2.75, 3.05) is 0 Å². The Morgan fingerprint density at radius 1 is 0.552 bits per heavy atom. The molecule has 0 aliphatic carbocycles. The molecule has 0 spiro atoms. The van der Waals surface area contributed by atoms with Gasteiger partial charge in [0, 0.05) is 44.9 Å². The number of carbonyl (C=O) groups excluding carboxylic acids is 4. The van der Waals surface area contributed by atoms with E-state index < -0.39 is 0 Å². The van der Waals surface area contributed by atoms with Crippen molar-refractivity contribution in [2.45, 2.75) is 27.7 Å². The minimum Gasteiger partial charge on any atom is -0.872 e. The summed E-state index contributed by atoms with van der Waals surface area (Å²) in [6, 6.07) is 16.7. The van der Waals surface area contributed by atoms with Crippen molar-refractivity contribution in [3.63, 3.8) is 0 Å².